The van der Waals surface area contributed by atoms with Crippen molar-refractivity contribution in [3.05, 3.63) is 388 Å². The number of nitrogens with zero attached hydrogens (tertiary/aromatic N) is 6. The van der Waals surface area contributed by atoms with Crippen LogP contribution < -0.4 is 0 Å². The van der Waals surface area contributed by atoms with Crippen molar-refractivity contribution < 1.29 is 0 Å². The summed E-state index contributed by atoms with van der Waals surface area (Å²) < 4.78 is 14.7. The molecule has 0 N–H and O–H groups in total. The summed E-state index contributed by atoms with van der Waals surface area (Å²) in [6.07, 6.45) is 0. The third-order valence-corrected chi connectivity index (χ3v) is 23.0. The largest absolute Gasteiger partial charge is 0.309 e. The van der Waals surface area contributed by atoms with Gasteiger partial charge < -0.3 is 27.4 Å². The van der Waals surface area contributed by atoms with Crippen molar-refractivity contribution in [1.29, 1.82) is 0 Å². The van der Waals surface area contributed by atoms with Crippen LogP contribution in [0.4, 0.5) is 0 Å². The van der Waals surface area contributed by atoms with Crippen molar-refractivity contribution in [2.24, 2.45) is 0 Å². The van der Waals surface area contributed by atoms with Gasteiger partial charge in [-0.25, -0.2) is 0 Å². The molecule has 6 heterocycles. The van der Waals surface area contributed by atoms with Crippen LogP contribution in [0.2, 0.25) is 0 Å². The van der Waals surface area contributed by atoms with E-state index in [4.69, 9.17) is 0 Å². The lowest BCUT2D eigenvalue weighted by Crippen LogP contribution is -1.96. The van der Waals surface area contributed by atoms with Crippen LogP contribution in [0, 0.1) is 0 Å². The summed E-state index contributed by atoms with van der Waals surface area (Å²) in [5.74, 6) is 0. The van der Waals surface area contributed by atoms with E-state index in [1.807, 2.05) is 0 Å². The third-order valence-electron chi connectivity index (χ3n) is 23.0. The van der Waals surface area contributed by atoms with Gasteiger partial charge in [0.2, 0.25) is 0 Å². The normalized spacial score (nSPS) is 12.1. The second kappa shape index (κ2) is 23.5. The van der Waals surface area contributed by atoms with Gasteiger partial charge in [-0.05, 0) is 202 Å². The molecule has 0 unspecified atom stereocenters. The average molecular weight is 1370 g/mol. The summed E-state index contributed by atoms with van der Waals surface area (Å²) in [5.41, 5.74) is 30.2. The Morgan fingerprint density at radius 1 is 0.120 bits per heavy atom. The van der Waals surface area contributed by atoms with E-state index in [-0.39, 0.29) is 0 Å². The Labute approximate surface area is 621 Å². The Balaban J connectivity index is 0.671. The standard InChI is InChI=1S/C102H64N6/c1-4-22-65(23-5-1)66-42-48-74(49-43-66)105-92-38-17-12-32-81(92)87-60-68(47-55-96(87)105)70-45-53-85-101(62-70)108(77-51-56-97-88(64-77)82-33-13-18-39-93(82)104(97)73-27-8-3-9-28-73)99-41-21-35-78(102(85)99)71-24-20-29-75(58-71)106-94-40-19-14-34-83(94)89-63-76(50-57-98(89)106)107-90-36-15-10-30-79(90)84-52-44-69(61-100(84)107)67-46-54-95-86(59-67)80-31-11-16-37-91(80)103(95)72-25-6-2-7-26-72/h1-64H. The fraction of sp³-hybridized carbons (Fsp3) is 0. The SMILES string of the molecule is c1ccc(-c2ccc(-n3c4ccccc4c4cc(-c5ccc6c7c(-c8cccc(-n9c%10ccccc%10c%10cc(-n%11c%12ccccc%12c%12ccc(-c%13ccc%14c(c%13)c%13ccccc%13n%14-c%13ccccc%13)cc%12%11)ccc%109)c8)cccc7n(-c7ccc8c(c7)c7ccccc7n8-c7ccccc7)c6c5)ccc43)cc2)cc1. The van der Waals surface area contributed by atoms with Gasteiger partial charge in [-0.15, -0.1) is 0 Å². The minimum atomic E-state index is 1.10. The molecule has 17 aromatic carbocycles. The van der Waals surface area contributed by atoms with Crippen LogP contribution in [-0.4, -0.2) is 27.4 Å². The quantitative estimate of drug-likeness (QED) is 0.131. The van der Waals surface area contributed by atoms with Crippen molar-refractivity contribution in [1.82, 2.24) is 27.4 Å². The van der Waals surface area contributed by atoms with Gasteiger partial charge in [0.1, 0.15) is 0 Å². The van der Waals surface area contributed by atoms with Crippen LogP contribution in [0.1, 0.15) is 0 Å². The summed E-state index contributed by atoms with van der Waals surface area (Å²) in [7, 11) is 0. The number of hydrogen-bond donors (Lipinski definition) is 0. The maximum absolute atomic E-state index is 2.52. The second-order valence-electron chi connectivity index (χ2n) is 28.8. The Morgan fingerprint density at radius 3 is 0.898 bits per heavy atom. The van der Waals surface area contributed by atoms with E-state index in [2.05, 4.69) is 416 Å². The Hall–Kier alpha value is -14.5. The highest BCUT2D eigenvalue weighted by atomic mass is 15.0. The van der Waals surface area contributed by atoms with Gasteiger partial charge in [0.05, 0.1) is 66.2 Å². The summed E-state index contributed by atoms with van der Waals surface area (Å²) >= 11 is 0. The summed E-state index contributed by atoms with van der Waals surface area (Å²) in [5, 5.41) is 14.6. The van der Waals surface area contributed by atoms with E-state index in [1.165, 1.54) is 137 Å². The van der Waals surface area contributed by atoms with E-state index < -0.39 is 0 Å². The molecule has 0 fully saturated rings. The number of rotatable bonds is 10. The summed E-state index contributed by atoms with van der Waals surface area (Å²) in [4.78, 5) is 0. The first-order valence-corrected chi connectivity index (χ1v) is 37.2. The molecule has 0 aliphatic carbocycles. The zero-order valence-corrected chi connectivity index (χ0v) is 58.6. The van der Waals surface area contributed by atoms with Crippen molar-refractivity contribution in [3.63, 3.8) is 0 Å². The molecule has 0 saturated heterocycles. The highest BCUT2D eigenvalue weighted by molar-refractivity contribution is 6.19. The fourth-order valence-electron chi connectivity index (χ4n) is 18.2. The fourth-order valence-corrected chi connectivity index (χ4v) is 18.2. The van der Waals surface area contributed by atoms with Crippen LogP contribution in [0.5, 0.6) is 0 Å². The van der Waals surface area contributed by atoms with Gasteiger partial charge in [-0.2, -0.15) is 0 Å². The van der Waals surface area contributed by atoms with Crippen LogP contribution in [0.3, 0.4) is 0 Å². The second-order valence-corrected chi connectivity index (χ2v) is 28.8. The molecule has 0 radical (unpaired) electrons. The highest BCUT2D eigenvalue weighted by Gasteiger charge is 2.24. The number of benzene rings is 17. The molecule has 0 aliphatic heterocycles. The lowest BCUT2D eigenvalue weighted by atomic mass is 9.97. The molecule has 0 amide bonds. The van der Waals surface area contributed by atoms with E-state index in [9.17, 15) is 0 Å². The lowest BCUT2D eigenvalue weighted by molar-refractivity contribution is 1.16. The molecule has 108 heavy (non-hydrogen) atoms. The molecule has 23 rings (SSSR count). The summed E-state index contributed by atoms with van der Waals surface area (Å²) in [6.45, 7) is 0. The van der Waals surface area contributed by atoms with Gasteiger partial charge in [0, 0.05) is 98.8 Å². The van der Waals surface area contributed by atoms with Crippen LogP contribution >= 0.6 is 0 Å². The predicted molar refractivity (Wildman–Crippen MR) is 454 cm³/mol. The van der Waals surface area contributed by atoms with Gasteiger partial charge >= 0.3 is 0 Å². The molecule has 6 aromatic heterocycles. The molecule has 0 atom stereocenters. The van der Waals surface area contributed by atoms with E-state index >= 15 is 0 Å². The van der Waals surface area contributed by atoms with Gasteiger partial charge in [-0.1, -0.05) is 231 Å². The molecule has 6 nitrogen and oxygen atoms in total. The summed E-state index contributed by atoms with van der Waals surface area (Å²) in [6, 6.07) is 144. The number of aromatic nitrogens is 6. The van der Waals surface area contributed by atoms with E-state index in [1.54, 1.807) is 0 Å². The zero-order valence-electron chi connectivity index (χ0n) is 58.6. The minimum absolute atomic E-state index is 1.10. The van der Waals surface area contributed by atoms with Crippen molar-refractivity contribution in [2.45, 2.75) is 0 Å². The predicted octanol–water partition coefficient (Wildman–Crippen LogP) is 26.9. The minimum Gasteiger partial charge on any atom is -0.309 e. The molecule has 23 aromatic rings. The molecule has 0 saturated carbocycles. The molecule has 6 heteroatoms. The first-order valence-electron chi connectivity index (χ1n) is 37.2. The zero-order chi connectivity index (χ0) is 70.7. The molecule has 0 aliphatic rings. The Kier molecular flexibility index (Phi) is 13.1. The van der Waals surface area contributed by atoms with Crippen molar-refractivity contribution in [3.8, 4) is 78.6 Å². The smallest absolute Gasteiger partial charge is 0.0547 e. The van der Waals surface area contributed by atoms with E-state index in [0.29, 0.717) is 0 Å². The number of para-hydroxylation sites is 7. The Bertz CT molecular complexity index is 7650. The van der Waals surface area contributed by atoms with Crippen molar-refractivity contribution in [2.75, 3.05) is 0 Å². The van der Waals surface area contributed by atoms with Gasteiger partial charge in [-0.3, -0.25) is 0 Å². The average Bonchev–Trinajstić information content (AvgIpc) is 1.57. The third kappa shape index (κ3) is 9.01. The number of fused-ring (bicyclic) bond motifs is 18. The maximum atomic E-state index is 2.52. The first-order chi connectivity index (χ1) is 53.6. The molecule has 502 valence electrons. The molecule has 0 spiro atoms. The van der Waals surface area contributed by atoms with Gasteiger partial charge in [0.15, 0.2) is 0 Å². The first kappa shape index (κ1) is 60.0. The monoisotopic (exact) mass is 1370 g/mol. The van der Waals surface area contributed by atoms with Crippen LogP contribution in [-0.2, 0) is 0 Å². The topological polar surface area (TPSA) is 29.6 Å². The highest BCUT2D eigenvalue weighted by Crippen LogP contribution is 2.46. The maximum Gasteiger partial charge on any atom is 0.0547 e. The lowest BCUT2D eigenvalue weighted by Gasteiger charge is -2.13. The van der Waals surface area contributed by atoms with Gasteiger partial charge in [0.25, 0.3) is 0 Å². The van der Waals surface area contributed by atoms with Crippen molar-refractivity contribution >= 4 is 131 Å². The Morgan fingerprint density at radius 2 is 0.398 bits per heavy atom. The molecular formula is C102H64N6. The molecule has 0 bridgehead atoms. The van der Waals surface area contributed by atoms with Crippen LogP contribution in [0.15, 0.2) is 388 Å². The van der Waals surface area contributed by atoms with Crippen LogP contribution in [0.25, 0.3) is 209 Å². The van der Waals surface area contributed by atoms with E-state index in [0.717, 1.165) is 72.9 Å². The molecular weight excluding hydrogens is 1310 g/mol. The number of hydrogen-bond acceptors (Lipinski definition) is 0.